The van der Waals surface area contributed by atoms with Gasteiger partial charge in [-0.05, 0) is 43.4 Å². The highest BCUT2D eigenvalue weighted by Crippen LogP contribution is 2.32. The molecule has 0 radical (unpaired) electrons. The number of halogens is 1. The number of carbonyl (C=O) groups is 1. The zero-order valence-electron chi connectivity index (χ0n) is 16.0. The van der Waals surface area contributed by atoms with Crippen LogP contribution in [-0.2, 0) is 21.4 Å². The van der Waals surface area contributed by atoms with E-state index in [-0.39, 0.29) is 22.0 Å². The van der Waals surface area contributed by atoms with E-state index in [1.165, 1.54) is 9.87 Å². The molecule has 1 aliphatic heterocycles. The van der Waals surface area contributed by atoms with Crippen molar-refractivity contribution in [1.82, 2.24) is 9.62 Å². The van der Waals surface area contributed by atoms with Crippen LogP contribution in [0.1, 0.15) is 30.9 Å². The van der Waals surface area contributed by atoms with E-state index in [1.54, 1.807) is 12.1 Å². The molecule has 0 bridgehead atoms. The predicted octanol–water partition coefficient (Wildman–Crippen LogP) is 4.06. The van der Waals surface area contributed by atoms with Gasteiger partial charge in [0.15, 0.2) is 0 Å². The molecular formula is C20H25ClN2O3S2. The lowest BCUT2D eigenvalue weighted by Gasteiger charge is -2.33. The summed E-state index contributed by atoms with van der Waals surface area (Å²) in [4.78, 5) is 12.5. The maximum Gasteiger partial charge on any atom is 0.252 e. The number of thiophene rings is 1. The summed E-state index contributed by atoms with van der Waals surface area (Å²) in [7, 11) is -3.49. The molecule has 0 unspecified atom stereocenters. The molecule has 1 atom stereocenters. The molecule has 1 aromatic carbocycles. The molecule has 28 heavy (non-hydrogen) atoms. The van der Waals surface area contributed by atoms with Crippen LogP contribution >= 0.6 is 22.9 Å². The van der Waals surface area contributed by atoms with E-state index in [2.05, 4.69) is 5.32 Å². The Balaban J connectivity index is 1.52. The molecule has 1 aromatic heterocycles. The summed E-state index contributed by atoms with van der Waals surface area (Å²) in [5.41, 5.74) is 2.26. The zero-order valence-corrected chi connectivity index (χ0v) is 18.4. The molecule has 1 fully saturated rings. The van der Waals surface area contributed by atoms with Gasteiger partial charge in [-0.2, -0.15) is 4.31 Å². The van der Waals surface area contributed by atoms with Crippen LogP contribution in [0.5, 0.6) is 0 Å². The van der Waals surface area contributed by atoms with Gasteiger partial charge in [-0.3, -0.25) is 4.79 Å². The van der Waals surface area contributed by atoms with Gasteiger partial charge in [-0.1, -0.05) is 48.4 Å². The lowest BCUT2D eigenvalue weighted by Crippen LogP contribution is -2.42. The average molecular weight is 441 g/mol. The topological polar surface area (TPSA) is 66.5 Å². The Hall–Kier alpha value is -1.41. The van der Waals surface area contributed by atoms with E-state index in [0.29, 0.717) is 36.8 Å². The summed E-state index contributed by atoms with van der Waals surface area (Å²) in [6.45, 7) is 5.33. The first kappa shape index (κ1) is 21.3. The first-order chi connectivity index (χ1) is 13.3. The van der Waals surface area contributed by atoms with Crippen LogP contribution in [-0.4, -0.2) is 31.7 Å². The van der Waals surface area contributed by atoms with Crippen LogP contribution in [0.25, 0.3) is 0 Å². The van der Waals surface area contributed by atoms with Gasteiger partial charge >= 0.3 is 0 Å². The fourth-order valence-corrected chi connectivity index (χ4v) is 6.56. The second-order valence-corrected chi connectivity index (χ2v) is 11.2. The number of nitrogens with zero attached hydrogens (tertiary/aromatic N) is 1. The molecule has 1 saturated heterocycles. The van der Waals surface area contributed by atoms with Gasteiger partial charge < -0.3 is 5.32 Å². The van der Waals surface area contributed by atoms with Crippen molar-refractivity contribution in [1.29, 1.82) is 0 Å². The summed E-state index contributed by atoms with van der Waals surface area (Å²) in [6.07, 6.45) is 1.36. The number of benzene rings is 1. The van der Waals surface area contributed by atoms with Crippen molar-refractivity contribution in [3.8, 4) is 0 Å². The van der Waals surface area contributed by atoms with Crippen molar-refractivity contribution >= 4 is 38.9 Å². The fraction of sp³-hybridized carbons (Fsp3) is 0.450. The lowest BCUT2D eigenvalue weighted by molar-refractivity contribution is -0.126. The van der Waals surface area contributed by atoms with Gasteiger partial charge in [-0.15, -0.1) is 11.3 Å². The molecule has 3 rings (SSSR count). The number of amides is 1. The molecule has 5 nitrogen and oxygen atoms in total. The van der Waals surface area contributed by atoms with Crippen molar-refractivity contribution in [3.05, 3.63) is 51.9 Å². The Morgan fingerprint density at radius 1 is 1.21 bits per heavy atom. The summed E-state index contributed by atoms with van der Waals surface area (Å²) < 4.78 is 27.6. The summed E-state index contributed by atoms with van der Waals surface area (Å²) in [5, 5.41) is 3.00. The minimum atomic E-state index is -3.49. The third-order valence-electron chi connectivity index (χ3n) is 5.35. The van der Waals surface area contributed by atoms with Gasteiger partial charge in [0.2, 0.25) is 5.91 Å². The molecule has 2 aromatic rings. The number of sulfonamides is 1. The van der Waals surface area contributed by atoms with Crippen LogP contribution in [0.2, 0.25) is 4.34 Å². The lowest BCUT2D eigenvalue weighted by atomic mass is 9.85. The second-order valence-electron chi connectivity index (χ2n) is 7.29. The standard InChI is InChI=1S/C20H25ClN2O3S2/c1-14-3-5-16(6-4-14)13-22-20(24)15(2)17-9-11-23(12-10-17)28(25,26)19-8-7-18(21)27-19/h3-8,15,17H,9-13H2,1-2H3,(H,22,24)/t15-/m0/s1. The molecule has 1 aliphatic rings. The normalized spacial score (nSPS) is 17.4. The number of hydrogen-bond acceptors (Lipinski definition) is 4. The van der Waals surface area contributed by atoms with Crippen molar-refractivity contribution in [2.45, 2.75) is 37.4 Å². The van der Waals surface area contributed by atoms with Crippen molar-refractivity contribution < 1.29 is 13.2 Å². The molecule has 0 spiro atoms. The first-order valence-corrected chi connectivity index (χ1v) is 12.0. The fourth-order valence-electron chi connectivity index (χ4n) is 3.45. The zero-order chi connectivity index (χ0) is 20.3. The van der Waals surface area contributed by atoms with E-state index in [0.717, 1.165) is 16.9 Å². The van der Waals surface area contributed by atoms with E-state index in [9.17, 15) is 13.2 Å². The Kier molecular flexibility index (Phi) is 6.81. The number of nitrogens with one attached hydrogen (secondary N) is 1. The monoisotopic (exact) mass is 440 g/mol. The third-order valence-corrected chi connectivity index (χ3v) is 8.95. The molecular weight excluding hydrogens is 416 g/mol. The highest BCUT2D eigenvalue weighted by atomic mass is 35.5. The molecule has 0 saturated carbocycles. The van der Waals surface area contributed by atoms with Gasteiger partial charge in [0.25, 0.3) is 10.0 Å². The number of carbonyl (C=O) groups excluding carboxylic acids is 1. The Morgan fingerprint density at radius 2 is 1.86 bits per heavy atom. The summed E-state index contributed by atoms with van der Waals surface area (Å²) in [6, 6.07) is 11.2. The highest BCUT2D eigenvalue weighted by molar-refractivity contribution is 7.91. The van der Waals surface area contributed by atoms with Crippen LogP contribution in [0, 0.1) is 18.8 Å². The first-order valence-electron chi connectivity index (χ1n) is 9.36. The minimum absolute atomic E-state index is 0.0203. The van der Waals surface area contributed by atoms with Gasteiger partial charge in [0.05, 0.1) is 4.34 Å². The summed E-state index contributed by atoms with van der Waals surface area (Å²) in [5.74, 6) is 0.0507. The van der Waals surface area contributed by atoms with Crippen LogP contribution in [0.15, 0.2) is 40.6 Å². The molecule has 2 heterocycles. The quantitative estimate of drug-likeness (QED) is 0.736. The molecule has 152 valence electrons. The molecule has 1 amide bonds. The van der Waals surface area contributed by atoms with Crippen LogP contribution in [0.3, 0.4) is 0 Å². The number of hydrogen-bond donors (Lipinski definition) is 1. The SMILES string of the molecule is Cc1ccc(CNC(=O)[C@@H](C)C2CCN(S(=O)(=O)c3ccc(Cl)s3)CC2)cc1. The van der Waals surface area contributed by atoms with Crippen molar-refractivity contribution in [2.24, 2.45) is 11.8 Å². The number of aryl methyl sites for hydroxylation is 1. The second kappa shape index (κ2) is 8.95. The van der Waals surface area contributed by atoms with Crippen LogP contribution < -0.4 is 5.32 Å². The van der Waals surface area contributed by atoms with Gasteiger partial charge in [0.1, 0.15) is 4.21 Å². The van der Waals surface area contributed by atoms with E-state index in [1.807, 2.05) is 38.1 Å². The van der Waals surface area contributed by atoms with Crippen molar-refractivity contribution in [3.63, 3.8) is 0 Å². The Bertz CT molecular complexity index is 917. The Morgan fingerprint density at radius 3 is 2.43 bits per heavy atom. The Labute approximate surface area is 175 Å². The maximum atomic E-state index is 12.7. The van der Waals surface area contributed by atoms with Crippen molar-refractivity contribution in [2.75, 3.05) is 13.1 Å². The summed E-state index contributed by atoms with van der Waals surface area (Å²) >= 11 is 6.96. The maximum absolute atomic E-state index is 12.7. The number of piperidine rings is 1. The predicted molar refractivity (Wildman–Crippen MR) is 113 cm³/mol. The van der Waals surface area contributed by atoms with E-state index in [4.69, 9.17) is 11.6 Å². The number of rotatable bonds is 6. The largest absolute Gasteiger partial charge is 0.352 e. The third kappa shape index (κ3) is 4.95. The van der Waals surface area contributed by atoms with Gasteiger partial charge in [0, 0.05) is 25.6 Å². The van der Waals surface area contributed by atoms with Crippen LogP contribution in [0.4, 0.5) is 0 Å². The molecule has 1 N–H and O–H groups in total. The molecule has 8 heteroatoms. The average Bonchev–Trinajstić information content (AvgIpc) is 3.14. The highest BCUT2D eigenvalue weighted by Gasteiger charge is 2.34. The minimum Gasteiger partial charge on any atom is -0.352 e. The molecule has 0 aliphatic carbocycles. The van der Waals surface area contributed by atoms with Gasteiger partial charge in [-0.25, -0.2) is 8.42 Å². The van der Waals surface area contributed by atoms with E-state index < -0.39 is 10.0 Å². The smallest absolute Gasteiger partial charge is 0.252 e. The van der Waals surface area contributed by atoms with E-state index >= 15 is 0 Å².